The van der Waals surface area contributed by atoms with Crippen molar-refractivity contribution in [1.82, 2.24) is 5.32 Å². The minimum absolute atomic E-state index is 0.203. The SMILES string of the molecule is CSCCCC(=O)NC1CCCC1CN. The zero-order chi connectivity index (χ0) is 11.1. The van der Waals surface area contributed by atoms with Crippen LogP contribution in [0.3, 0.4) is 0 Å². The van der Waals surface area contributed by atoms with Crippen LogP contribution in [0.2, 0.25) is 0 Å². The van der Waals surface area contributed by atoms with Gasteiger partial charge in [0.25, 0.3) is 0 Å². The van der Waals surface area contributed by atoms with Crippen molar-refractivity contribution in [1.29, 1.82) is 0 Å². The number of nitrogens with one attached hydrogen (secondary N) is 1. The van der Waals surface area contributed by atoms with E-state index in [4.69, 9.17) is 5.73 Å². The van der Waals surface area contributed by atoms with Gasteiger partial charge in [-0.3, -0.25) is 4.79 Å². The van der Waals surface area contributed by atoms with Crippen LogP contribution in [-0.2, 0) is 4.79 Å². The fourth-order valence-electron chi connectivity index (χ4n) is 2.16. The molecule has 0 aromatic rings. The topological polar surface area (TPSA) is 55.1 Å². The molecule has 2 atom stereocenters. The highest BCUT2D eigenvalue weighted by Gasteiger charge is 2.26. The van der Waals surface area contributed by atoms with E-state index in [1.165, 1.54) is 12.8 Å². The Hall–Kier alpha value is -0.220. The minimum atomic E-state index is 0.203. The van der Waals surface area contributed by atoms with Crippen LogP contribution >= 0.6 is 11.8 Å². The van der Waals surface area contributed by atoms with Crippen molar-refractivity contribution in [3.8, 4) is 0 Å². The van der Waals surface area contributed by atoms with Gasteiger partial charge in [-0.15, -0.1) is 0 Å². The standard InChI is InChI=1S/C11H22N2OS/c1-15-7-3-6-11(14)13-10-5-2-4-9(10)8-12/h9-10H,2-8,12H2,1H3,(H,13,14). The van der Waals surface area contributed by atoms with Crippen LogP contribution in [0.25, 0.3) is 0 Å². The molecule has 15 heavy (non-hydrogen) atoms. The summed E-state index contributed by atoms with van der Waals surface area (Å²) in [7, 11) is 0. The third-order valence-corrected chi connectivity index (χ3v) is 3.76. The van der Waals surface area contributed by atoms with Gasteiger partial charge in [0, 0.05) is 12.5 Å². The molecule has 0 saturated heterocycles. The number of rotatable bonds is 6. The van der Waals surface area contributed by atoms with Crippen LogP contribution in [0.5, 0.6) is 0 Å². The predicted molar refractivity (Wildman–Crippen MR) is 65.9 cm³/mol. The highest BCUT2D eigenvalue weighted by molar-refractivity contribution is 7.98. The summed E-state index contributed by atoms with van der Waals surface area (Å²) in [6.07, 6.45) is 7.20. The molecule has 0 spiro atoms. The second-order valence-corrected chi connectivity index (χ2v) is 5.18. The Bertz CT molecular complexity index is 199. The number of hydrogen-bond acceptors (Lipinski definition) is 3. The molecule has 0 heterocycles. The summed E-state index contributed by atoms with van der Waals surface area (Å²) >= 11 is 1.79. The molecule has 2 unspecified atom stereocenters. The lowest BCUT2D eigenvalue weighted by atomic mass is 10.0. The van der Waals surface area contributed by atoms with Crippen molar-refractivity contribution in [2.45, 2.75) is 38.1 Å². The largest absolute Gasteiger partial charge is 0.353 e. The van der Waals surface area contributed by atoms with E-state index in [1.54, 1.807) is 11.8 Å². The van der Waals surface area contributed by atoms with E-state index in [0.717, 1.165) is 18.6 Å². The quantitative estimate of drug-likeness (QED) is 0.678. The molecule has 4 heteroatoms. The van der Waals surface area contributed by atoms with E-state index in [1.807, 2.05) is 0 Å². The van der Waals surface area contributed by atoms with Crippen LogP contribution in [0, 0.1) is 5.92 Å². The Morgan fingerprint density at radius 3 is 3.00 bits per heavy atom. The minimum Gasteiger partial charge on any atom is -0.353 e. The van der Waals surface area contributed by atoms with Gasteiger partial charge in [-0.1, -0.05) is 6.42 Å². The molecule has 88 valence electrons. The number of carbonyl (C=O) groups excluding carboxylic acids is 1. The monoisotopic (exact) mass is 230 g/mol. The first-order valence-electron chi connectivity index (χ1n) is 5.76. The van der Waals surface area contributed by atoms with Crippen LogP contribution in [0.15, 0.2) is 0 Å². The Morgan fingerprint density at radius 1 is 1.53 bits per heavy atom. The molecular weight excluding hydrogens is 208 g/mol. The molecule has 1 rings (SSSR count). The lowest BCUT2D eigenvalue weighted by Gasteiger charge is -2.19. The third-order valence-electron chi connectivity index (χ3n) is 3.06. The van der Waals surface area contributed by atoms with Crippen LogP contribution in [-0.4, -0.2) is 30.5 Å². The van der Waals surface area contributed by atoms with E-state index in [0.29, 0.717) is 24.9 Å². The molecule has 1 saturated carbocycles. The number of nitrogens with two attached hydrogens (primary N) is 1. The Kier molecular flexibility index (Phi) is 6.10. The second-order valence-electron chi connectivity index (χ2n) is 4.20. The maximum absolute atomic E-state index is 11.6. The summed E-state index contributed by atoms with van der Waals surface area (Å²) in [4.78, 5) is 11.6. The fraction of sp³-hybridized carbons (Fsp3) is 0.909. The molecule has 1 aliphatic rings. The van der Waals surface area contributed by atoms with E-state index in [9.17, 15) is 4.79 Å². The zero-order valence-electron chi connectivity index (χ0n) is 9.50. The third kappa shape index (κ3) is 4.43. The molecule has 0 aliphatic heterocycles. The number of hydrogen-bond donors (Lipinski definition) is 2. The Labute approximate surface area is 96.6 Å². The van der Waals surface area contributed by atoms with Gasteiger partial charge in [-0.05, 0) is 43.7 Å². The van der Waals surface area contributed by atoms with Crippen molar-refractivity contribution in [2.24, 2.45) is 11.7 Å². The molecule has 3 nitrogen and oxygen atoms in total. The molecule has 1 amide bonds. The zero-order valence-corrected chi connectivity index (χ0v) is 10.3. The Balaban J connectivity index is 2.19. The van der Waals surface area contributed by atoms with E-state index >= 15 is 0 Å². The van der Waals surface area contributed by atoms with Crippen molar-refractivity contribution in [3.63, 3.8) is 0 Å². The molecule has 0 aromatic heterocycles. The molecular formula is C11H22N2OS. The maximum Gasteiger partial charge on any atom is 0.220 e. The first kappa shape index (κ1) is 12.8. The smallest absolute Gasteiger partial charge is 0.220 e. The van der Waals surface area contributed by atoms with Gasteiger partial charge < -0.3 is 11.1 Å². The van der Waals surface area contributed by atoms with Crippen LogP contribution in [0.1, 0.15) is 32.1 Å². The normalized spacial score (nSPS) is 25.5. The predicted octanol–water partition coefficient (Wildman–Crippen LogP) is 1.37. The average Bonchev–Trinajstić information content (AvgIpc) is 2.65. The first-order valence-corrected chi connectivity index (χ1v) is 7.15. The summed E-state index contributed by atoms with van der Waals surface area (Å²) in [6.45, 7) is 0.704. The van der Waals surface area contributed by atoms with Crippen LogP contribution < -0.4 is 11.1 Å². The number of amides is 1. The van der Waals surface area contributed by atoms with Gasteiger partial charge in [0.2, 0.25) is 5.91 Å². The van der Waals surface area contributed by atoms with Crippen molar-refractivity contribution in [3.05, 3.63) is 0 Å². The van der Waals surface area contributed by atoms with Gasteiger partial charge in [0.1, 0.15) is 0 Å². The van der Waals surface area contributed by atoms with Crippen molar-refractivity contribution in [2.75, 3.05) is 18.6 Å². The molecule has 1 aliphatic carbocycles. The van der Waals surface area contributed by atoms with Gasteiger partial charge >= 0.3 is 0 Å². The summed E-state index contributed by atoms with van der Waals surface area (Å²) < 4.78 is 0. The molecule has 0 aromatic carbocycles. The lowest BCUT2D eigenvalue weighted by molar-refractivity contribution is -0.122. The maximum atomic E-state index is 11.6. The summed E-state index contributed by atoms with van der Waals surface area (Å²) in [5.41, 5.74) is 5.67. The summed E-state index contributed by atoms with van der Waals surface area (Å²) in [5, 5.41) is 3.11. The molecule has 0 bridgehead atoms. The average molecular weight is 230 g/mol. The molecule has 1 fully saturated rings. The first-order chi connectivity index (χ1) is 7.27. The fourth-order valence-corrected chi connectivity index (χ4v) is 2.60. The van der Waals surface area contributed by atoms with Gasteiger partial charge in [0.15, 0.2) is 0 Å². The summed E-state index contributed by atoms with van der Waals surface area (Å²) in [6, 6.07) is 0.344. The Morgan fingerprint density at radius 2 is 2.33 bits per heavy atom. The molecule has 3 N–H and O–H groups in total. The van der Waals surface area contributed by atoms with Crippen LogP contribution in [0.4, 0.5) is 0 Å². The molecule has 0 radical (unpaired) electrons. The number of thioether (sulfide) groups is 1. The van der Waals surface area contributed by atoms with Crippen molar-refractivity contribution >= 4 is 17.7 Å². The lowest BCUT2D eigenvalue weighted by Crippen LogP contribution is -2.39. The van der Waals surface area contributed by atoms with Gasteiger partial charge in [-0.2, -0.15) is 11.8 Å². The van der Waals surface area contributed by atoms with Gasteiger partial charge in [0.05, 0.1) is 0 Å². The van der Waals surface area contributed by atoms with Crippen molar-refractivity contribution < 1.29 is 4.79 Å². The van der Waals surface area contributed by atoms with E-state index in [-0.39, 0.29) is 5.91 Å². The number of carbonyl (C=O) groups is 1. The van der Waals surface area contributed by atoms with E-state index < -0.39 is 0 Å². The summed E-state index contributed by atoms with van der Waals surface area (Å²) in [5.74, 6) is 1.78. The van der Waals surface area contributed by atoms with Gasteiger partial charge in [-0.25, -0.2) is 0 Å². The second kappa shape index (κ2) is 7.12. The highest BCUT2D eigenvalue weighted by atomic mass is 32.2. The highest BCUT2D eigenvalue weighted by Crippen LogP contribution is 2.24. The van der Waals surface area contributed by atoms with E-state index in [2.05, 4.69) is 11.6 Å².